The quantitative estimate of drug-likeness (QED) is 0.339. The summed E-state index contributed by atoms with van der Waals surface area (Å²) in [5.74, 6) is -0.331. The van der Waals surface area contributed by atoms with E-state index >= 15 is 0 Å². The lowest BCUT2D eigenvalue weighted by Gasteiger charge is -2.34. The fourth-order valence-corrected chi connectivity index (χ4v) is 4.18. The van der Waals surface area contributed by atoms with Crippen LogP contribution in [0.1, 0.15) is 28.9 Å². The number of hydrogen-bond acceptors (Lipinski definition) is 5. The highest BCUT2D eigenvalue weighted by Gasteiger charge is 2.34. The number of aromatic nitrogens is 1. The van der Waals surface area contributed by atoms with Gasteiger partial charge in [-0.25, -0.2) is 18.8 Å². The predicted octanol–water partition coefficient (Wildman–Crippen LogP) is 5.81. The topological polar surface area (TPSA) is 69.3 Å². The molecule has 2 aromatic carbocycles. The lowest BCUT2D eigenvalue weighted by Crippen LogP contribution is -2.49. The van der Waals surface area contributed by atoms with Gasteiger partial charge in [0, 0.05) is 40.8 Å². The number of nitrogens with zero attached hydrogens (tertiary/aromatic N) is 2. The maximum atomic E-state index is 13.4. The summed E-state index contributed by atoms with van der Waals surface area (Å²) in [5, 5.41) is 8.06. The van der Waals surface area contributed by atoms with Crippen molar-refractivity contribution in [2.75, 3.05) is 30.4 Å². The van der Waals surface area contributed by atoms with E-state index in [0.29, 0.717) is 47.6 Å². The van der Waals surface area contributed by atoms with Crippen molar-refractivity contribution >= 4 is 39.8 Å². The van der Waals surface area contributed by atoms with Crippen LogP contribution in [0.2, 0.25) is 5.02 Å². The zero-order valence-electron chi connectivity index (χ0n) is 18.9. The lowest BCUT2D eigenvalue weighted by atomic mass is 10.1. The van der Waals surface area contributed by atoms with Crippen LogP contribution in [0.15, 0.2) is 48.5 Å². The summed E-state index contributed by atoms with van der Waals surface area (Å²) in [7, 11) is 0. The molecule has 0 radical (unpaired) electrons. The first-order chi connectivity index (χ1) is 17.1. The molecule has 36 heavy (non-hydrogen) atoms. The summed E-state index contributed by atoms with van der Waals surface area (Å²) in [6, 6.07) is 11.3. The summed E-state index contributed by atoms with van der Waals surface area (Å²) in [6.07, 6.45) is -5.72. The second-order valence-corrected chi connectivity index (χ2v) is 8.87. The van der Waals surface area contributed by atoms with E-state index in [9.17, 15) is 26.7 Å². The number of anilines is 2. The van der Waals surface area contributed by atoms with Gasteiger partial charge in [-0.3, -0.25) is 4.79 Å². The third-order valence-electron chi connectivity index (χ3n) is 5.70. The third kappa shape index (κ3) is 6.52. The molecule has 1 atom stereocenters. The largest absolute Gasteiger partial charge is 0.433 e. The molecule has 192 valence electrons. The van der Waals surface area contributed by atoms with E-state index < -0.39 is 24.8 Å². The Morgan fingerprint density at radius 1 is 1.14 bits per heavy atom. The van der Waals surface area contributed by atoms with Crippen molar-refractivity contribution in [3.8, 4) is 0 Å². The summed E-state index contributed by atoms with van der Waals surface area (Å²) in [6.45, 7) is 0.425. The molecular weight excluding hydrogens is 505 g/mol. The van der Waals surface area contributed by atoms with Gasteiger partial charge in [0.2, 0.25) is 0 Å². The maximum absolute atomic E-state index is 13.4. The molecule has 4 rings (SSSR count). The van der Waals surface area contributed by atoms with Crippen molar-refractivity contribution in [3.05, 3.63) is 64.8 Å². The van der Waals surface area contributed by atoms with E-state index in [1.165, 1.54) is 24.3 Å². The van der Waals surface area contributed by atoms with Crippen LogP contribution in [0.4, 0.5) is 33.3 Å². The Kier molecular flexibility index (Phi) is 7.79. The number of piperidine rings is 1. The number of pyridine rings is 1. The predicted molar refractivity (Wildman–Crippen MR) is 128 cm³/mol. The zero-order chi connectivity index (χ0) is 25.9. The number of carbonyl (C=O) groups excluding carboxylic acids is 1. The number of carbonyl (C=O) groups is 1. The fraction of sp³-hybridized carbons (Fsp3) is 0.333. The number of benzene rings is 2. The molecule has 0 bridgehead atoms. The van der Waals surface area contributed by atoms with Gasteiger partial charge in [0.1, 0.15) is 5.69 Å². The Morgan fingerprint density at radius 2 is 1.89 bits per heavy atom. The first-order valence-electron chi connectivity index (χ1n) is 11.2. The normalized spacial score (nSPS) is 16.8. The molecule has 1 saturated heterocycles. The molecule has 3 aromatic rings. The number of rotatable bonds is 7. The summed E-state index contributed by atoms with van der Waals surface area (Å²) >= 11 is 6.07. The first-order valence-corrected chi connectivity index (χ1v) is 11.6. The Balaban J connectivity index is 1.44. The number of amides is 1. The van der Waals surface area contributed by atoms with Gasteiger partial charge >= 0.3 is 6.18 Å². The SMILES string of the molecule is O=C(N[C@@H]1CCCN(Nc2cc(C(F)(F)F)nc3ccc(Cl)cc23)C1)c1ccc(NCC(F)F)cc1. The molecule has 12 heteroatoms. The molecule has 0 spiro atoms. The van der Waals surface area contributed by atoms with E-state index in [1.807, 2.05) is 0 Å². The Bertz CT molecular complexity index is 1220. The van der Waals surface area contributed by atoms with Gasteiger partial charge in [-0.1, -0.05) is 11.6 Å². The number of nitrogens with one attached hydrogen (secondary N) is 3. The van der Waals surface area contributed by atoms with Crippen molar-refractivity contribution in [3.63, 3.8) is 0 Å². The molecule has 0 saturated carbocycles. The number of hydrazine groups is 1. The highest BCUT2D eigenvalue weighted by atomic mass is 35.5. The third-order valence-corrected chi connectivity index (χ3v) is 5.94. The van der Waals surface area contributed by atoms with Crippen LogP contribution in [0.25, 0.3) is 10.9 Å². The van der Waals surface area contributed by atoms with Gasteiger partial charge in [0.15, 0.2) is 0 Å². The van der Waals surface area contributed by atoms with Crippen LogP contribution < -0.4 is 16.1 Å². The second-order valence-electron chi connectivity index (χ2n) is 8.43. The minimum Gasteiger partial charge on any atom is -0.379 e. The summed E-state index contributed by atoms with van der Waals surface area (Å²) in [4.78, 5) is 16.4. The second kappa shape index (κ2) is 10.8. The van der Waals surface area contributed by atoms with Gasteiger partial charge in [-0.2, -0.15) is 13.2 Å². The average molecular weight is 528 g/mol. The summed E-state index contributed by atoms with van der Waals surface area (Å²) in [5.41, 5.74) is 3.25. The van der Waals surface area contributed by atoms with Gasteiger partial charge in [0.05, 0.1) is 17.7 Å². The van der Waals surface area contributed by atoms with Crippen molar-refractivity contribution in [2.45, 2.75) is 31.5 Å². The fourth-order valence-electron chi connectivity index (χ4n) is 4.01. The molecule has 6 nitrogen and oxygen atoms in total. The molecule has 3 N–H and O–H groups in total. The summed E-state index contributed by atoms with van der Waals surface area (Å²) < 4.78 is 64.9. The van der Waals surface area contributed by atoms with E-state index in [1.54, 1.807) is 23.2 Å². The van der Waals surface area contributed by atoms with Crippen LogP contribution in [0, 0.1) is 0 Å². The van der Waals surface area contributed by atoms with Gasteiger partial charge < -0.3 is 16.1 Å². The van der Waals surface area contributed by atoms with Crippen LogP contribution in [-0.2, 0) is 6.18 Å². The Hall–Kier alpha value is -3.18. The molecule has 1 amide bonds. The monoisotopic (exact) mass is 527 g/mol. The molecule has 0 unspecified atom stereocenters. The smallest absolute Gasteiger partial charge is 0.379 e. The highest BCUT2D eigenvalue weighted by Crippen LogP contribution is 2.34. The van der Waals surface area contributed by atoms with Crippen molar-refractivity contribution in [2.24, 2.45) is 0 Å². The number of fused-ring (bicyclic) bond motifs is 1. The maximum Gasteiger partial charge on any atom is 0.433 e. The van der Waals surface area contributed by atoms with Crippen LogP contribution in [0.3, 0.4) is 0 Å². The molecule has 2 heterocycles. The average Bonchev–Trinajstić information content (AvgIpc) is 2.83. The molecule has 1 fully saturated rings. The van der Waals surface area contributed by atoms with Crippen molar-refractivity contribution in [1.29, 1.82) is 0 Å². The van der Waals surface area contributed by atoms with Gasteiger partial charge in [-0.15, -0.1) is 0 Å². The number of hydrogen-bond donors (Lipinski definition) is 3. The van der Waals surface area contributed by atoms with E-state index in [2.05, 4.69) is 21.0 Å². The van der Waals surface area contributed by atoms with Crippen LogP contribution >= 0.6 is 11.6 Å². The number of halogens is 6. The lowest BCUT2D eigenvalue weighted by molar-refractivity contribution is -0.140. The minimum absolute atomic E-state index is 0.157. The van der Waals surface area contributed by atoms with E-state index in [-0.39, 0.29) is 23.2 Å². The highest BCUT2D eigenvalue weighted by molar-refractivity contribution is 6.31. The molecule has 1 aromatic heterocycles. The minimum atomic E-state index is -4.62. The standard InChI is InChI=1S/C24H23ClF5N5O/c25-15-5-8-19-18(10-15)20(11-21(33-19)24(28,29)30)34-35-9-1-2-17(13-35)32-23(36)14-3-6-16(7-4-14)31-12-22(26)27/h3-8,10-11,17,22,31H,1-2,9,12-13H2,(H,32,36)(H,33,34)/t17-/m1/s1. The van der Waals surface area contributed by atoms with Crippen LogP contribution in [0.5, 0.6) is 0 Å². The Labute approximate surface area is 208 Å². The zero-order valence-corrected chi connectivity index (χ0v) is 19.6. The molecular formula is C24H23ClF5N5O. The van der Waals surface area contributed by atoms with Gasteiger partial charge in [-0.05, 0) is 61.4 Å². The molecule has 0 aliphatic carbocycles. The van der Waals surface area contributed by atoms with E-state index in [4.69, 9.17) is 11.6 Å². The van der Waals surface area contributed by atoms with E-state index in [0.717, 1.165) is 6.07 Å². The van der Waals surface area contributed by atoms with Crippen molar-refractivity contribution in [1.82, 2.24) is 15.3 Å². The first kappa shape index (κ1) is 25.9. The van der Waals surface area contributed by atoms with Crippen LogP contribution in [-0.4, -0.2) is 48.0 Å². The Morgan fingerprint density at radius 3 is 2.58 bits per heavy atom. The molecule has 1 aliphatic rings. The number of alkyl halides is 5. The van der Waals surface area contributed by atoms with Gasteiger partial charge in [0.25, 0.3) is 12.3 Å². The van der Waals surface area contributed by atoms with Crippen molar-refractivity contribution < 1.29 is 26.7 Å². The molecule has 1 aliphatic heterocycles.